The number of rotatable bonds is 5. The van der Waals surface area contributed by atoms with Crippen LogP contribution in [0.5, 0.6) is 0 Å². The highest BCUT2D eigenvalue weighted by molar-refractivity contribution is 7.92. The average Bonchev–Trinajstić information content (AvgIpc) is 3.31. The van der Waals surface area contributed by atoms with Crippen molar-refractivity contribution < 1.29 is 31.1 Å². The number of methoxy groups -OCH3 is 1. The molecule has 0 amide bonds. The molecule has 1 aromatic carbocycles. The molecule has 170 valence electrons. The Labute approximate surface area is 178 Å². The number of benzene rings is 1. The first-order valence-corrected chi connectivity index (χ1v) is 11.2. The minimum absolute atomic E-state index is 0.0800. The number of halogens is 3. The minimum Gasteiger partial charge on any atom is -0.467 e. The largest absolute Gasteiger partial charge is 0.467 e. The van der Waals surface area contributed by atoms with Crippen molar-refractivity contribution in [3.63, 3.8) is 0 Å². The third-order valence-corrected chi connectivity index (χ3v) is 7.48. The molecule has 11 heteroatoms. The van der Waals surface area contributed by atoms with Gasteiger partial charge >= 0.3 is 12.1 Å². The normalized spacial score (nSPS) is 19.8. The lowest BCUT2D eigenvalue weighted by molar-refractivity contribution is -0.142. The summed E-state index contributed by atoms with van der Waals surface area (Å²) in [5.74, 6) is -0.138. The fourth-order valence-corrected chi connectivity index (χ4v) is 5.77. The molecule has 0 bridgehead atoms. The van der Waals surface area contributed by atoms with E-state index in [2.05, 4.69) is 5.10 Å². The first-order valence-electron chi connectivity index (χ1n) is 9.68. The summed E-state index contributed by atoms with van der Waals surface area (Å²) in [5, 5.41) is 3.16. The summed E-state index contributed by atoms with van der Waals surface area (Å²) < 4.78 is 73.4. The third-order valence-electron chi connectivity index (χ3n) is 5.30. The molecule has 1 aliphatic rings. The van der Waals surface area contributed by atoms with Crippen LogP contribution in [0.1, 0.15) is 37.6 Å². The summed E-state index contributed by atoms with van der Waals surface area (Å²) in [4.78, 5) is 13.2. The first kappa shape index (κ1) is 23.1. The van der Waals surface area contributed by atoms with Crippen molar-refractivity contribution in [2.24, 2.45) is 0 Å². The van der Waals surface area contributed by atoms with E-state index >= 15 is 0 Å². The number of aromatic nitrogens is 2. The highest BCUT2D eigenvalue weighted by Crippen LogP contribution is 2.39. The molecule has 0 radical (unpaired) electrons. The number of alkyl halides is 3. The maximum Gasteiger partial charge on any atom is 0.417 e. The molecule has 2 aromatic rings. The van der Waals surface area contributed by atoms with Crippen molar-refractivity contribution in [3.05, 3.63) is 41.6 Å². The number of esters is 1. The number of sulfone groups is 1. The summed E-state index contributed by atoms with van der Waals surface area (Å²) >= 11 is 0. The van der Waals surface area contributed by atoms with Crippen LogP contribution in [0, 0.1) is 6.92 Å². The van der Waals surface area contributed by atoms with E-state index in [1.165, 1.54) is 13.2 Å². The van der Waals surface area contributed by atoms with E-state index in [0.29, 0.717) is 11.5 Å². The molecule has 0 N–H and O–H groups in total. The van der Waals surface area contributed by atoms with E-state index in [0.717, 1.165) is 18.2 Å². The van der Waals surface area contributed by atoms with E-state index < -0.39 is 43.7 Å². The molecule has 1 saturated heterocycles. The lowest BCUT2D eigenvalue weighted by Gasteiger charge is -2.26. The number of carbonyl (C=O) groups is 1. The van der Waals surface area contributed by atoms with Gasteiger partial charge in [-0.3, -0.25) is 0 Å². The van der Waals surface area contributed by atoms with Crippen LogP contribution in [-0.2, 0) is 25.5 Å². The molecule has 1 aromatic heterocycles. The molecule has 1 aliphatic heterocycles. The summed E-state index contributed by atoms with van der Waals surface area (Å²) in [6.07, 6.45) is -5.01. The zero-order valence-corrected chi connectivity index (χ0v) is 18.4. The molecule has 0 spiro atoms. The topological polar surface area (TPSA) is 81.5 Å². The molecule has 3 rings (SSSR count). The van der Waals surface area contributed by atoms with Gasteiger partial charge in [-0.15, -0.1) is 0 Å². The molecule has 2 atom stereocenters. The second kappa shape index (κ2) is 8.18. The van der Waals surface area contributed by atoms with E-state index in [1.807, 2.05) is 13.8 Å². The van der Waals surface area contributed by atoms with Crippen LogP contribution in [0.2, 0.25) is 0 Å². The minimum atomic E-state index is -4.82. The Morgan fingerprint density at radius 1 is 1.26 bits per heavy atom. The van der Waals surface area contributed by atoms with Gasteiger partial charge in [-0.2, -0.15) is 18.3 Å². The number of hydrogen-bond donors (Lipinski definition) is 0. The summed E-state index contributed by atoms with van der Waals surface area (Å²) in [6.45, 7) is 5.37. The molecular formula is C20H24F3N3O4S. The highest BCUT2D eigenvalue weighted by atomic mass is 32.2. The Balaban J connectivity index is 2.07. The van der Waals surface area contributed by atoms with Gasteiger partial charge in [0, 0.05) is 18.7 Å². The van der Waals surface area contributed by atoms with Crippen LogP contribution in [0.3, 0.4) is 0 Å². The molecule has 0 saturated carbocycles. The Kier molecular flexibility index (Phi) is 6.09. The SMILES string of the molecule is COC(=O)C1C[C@@H](S(=O)(=O)c2ccccc2C(F)(F)F)CN1c1cc(C)nn1C(C)C. The van der Waals surface area contributed by atoms with E-state index in [1.54, 1.807) is 22.6 Å². The van der Waals surface area contributed by atoms with Crippen molar-refractivity contribution in [3.8, 4) is 0 Å². The number of anilines is 1. The summed E-state index contributed by atoms with van der Waals surface area (Å²) in [5.41, 5.74) is -0.549. The number of hydrogen-bond acceptors (Lipinski definition) is 6. The van der Waals surface area contributed by atoms with E-state index in [9.17, 15) is 26.4 Å². The molecular weight excluding hydrogens is 435 g/mol. The first-order chi connectivity index (χ1) is 14.4. The Morgan fingerprint density at radius 3 is 2.48 bits per heavy atom. The van der Waals surface area contributed by atoms with E-state index in [4.69, 9.17) is 4.74 Å². The zero-order valence-electron chi connectivity index (χ0n) is 17.5. The monoisotopic (exact) mass is 459 g/mol. The predicted molar refractivity (Wildman–Crippen MR) is 108 cm³/mol. The molecule has 7 nitrogen and oxygen atoms in total. The van der Waals surface area contributed by atoms with Gasteiger partial charge in [-0.25, -0.2) is 17.9 Å². The van der Waals surface area contributed by atoms with Crippen molar-refractivity contribution >= 4 is 21.6 Å². The van der Waals surface area contributed by atoms with Crippen molar-refractivity contribution in [2.45, 2.75) is 55.6 Å². The smallest absolute Gasteiger partial charge is 0.417 e. The number of ether oxygens (including phenoxy) is 1. The highest BCUT2D eigenvalue weighted by Gasteiger charge is 2.47. The zero-order chi connectivity index (χ0) is 23.1. The third kappa shape index (κ3) is 4.28. The van der Waals surface area contributed by atoms with Gasteiger partial charge in [-0.1, -0.05) is 12.1 Å². The van der Waals surface area contributed by atoms with Gasteiger partial charge in [0.05, 0.1) is 28.5 Å². The quantitative estimate of drug-likeness (QED) is 0.638. The number of carbonyl (C=O) groups excluding carboxylic acids is 1. The van der Waals surface area contributed by atoms with E-state index in [-0.39, 0.29) is 19.0 Å². The van der Waals surface area contributed by atoms with Crippen molar-refractivity contribution in [2.75, 3.05) is 18.6 Å². The van der Waals surface area contributed by atoms with Crippen LogP contribution in [-0.4, -0.2) is 49.1 Å². The van der Waals surface area contributed by atoms with Gasteiger partial charge in [0.1, 0.15) is 11.9 Å². The lowest BCUT2D eigenvalue weighted by atomic mass is 10.2. The van der Waals surface area contributed by atoms with Crippen molar-refractivity contribution in [1.82, 2.24) is 9.78 Å². The molecule has 1 fully saturated rings. The second-order valence-electron chi connectivity index (χ2n) is 7.77. The Bertz CT molecular complexity index is 1080. The Hall–Kier alpha value is -2.56. The van der Waals surface area contributed by atoms with Gasteiger partial charge in [-0.05, 0) is 39.3 Å². The van der Waals surface area contributed by atoms with Gasteiger partial charge in [0.2, 0.25) is 0 Å². The van der Waals surface area contributed by atoms with Crippen LogP contribution in [0.25, 0.3) is 0 Å². The maximum absolute atomic E-state index is 13.5. The fourth-order valence-electron chi connectivity index (χ4n) is 3.86. The maximum atomic E-state index is 13.5. The van der Waals surface area contributed by atoms with Crippen molar-refractivity contribution in [1.29, 1.82) is 0 Å². The van der Waals surface area contributed by atoms with Gasteiger partial charge in [0.15, 0.2) is 9.84 Å². The van der Waals surface area contributed by atoms with Crippen LogP contribution >= 0.6 is 0 Å². The van der Waals surface area contributed by atoms with Crippen LogP contribution in [0.4, 0.5) is 19.0 Å². The molecule has 1 unspecified atom stereocenters. The van der Waals surface area contributed by atoms with Gasteiger partial charge < -0.3 is 9.64 Å². The lowest BCUT2D eigenvalue weighted by Crippen LogP contribution is -2.38. The second-order valence-corrected chi connectivity index (χ2v) is 9.97. The average molecular weight is 459 g/mol. The summed E-state index contributed by atoms with van der Waals surface area (Å²) in [7, 11) is -3.21. The Morgan fingerprint density at radius 2 is 1.90 bits per heavy atom. The molecule has 31 heavy (non-hydrogen) atoms. The van der Waals surface area contributed by atoms with Crippen LogP contribution in [0.15, 0.2) is 35.2 Å². The standard InChI is InChI=1S/C20H24F3N3O4S/c1-12(2)26-18(9-13(3)24-26)25-11-14(10-16(25)19(27)30-4)31(28,29)17-8-6-5-7-15(17)20(21,22)23/h5-9,12,14,16H,10-11H2,1-4H3/t14-,16?/m1/s1. The molecule has 0 aliphatic carbocycles. The van der Waals surface area contributed by atoms with Crippen LogP contribution < -0.4 is 4.90 Å². The fraction of sp³-hybridized carbons (Fsp3) is 0.500. The van der Waals surface area contributed by atoms with Gasteiger partial charge in [0.25, 0.3) is 0 Å². The molecule has 2 heterocycles. The number of nitrogens with zero attached hydrogens (tertiary/aromatic N) is 3. The predicted octanol–water partition coefficient (Wildman–Crippen LogP) is 3.39. The summed E-state index contributed by atoms with van der Waals surface area (Å²) in [6, 6.07) is 4.77. The number of aryl methyl sites for hydroxylation is 1.